The number of carbonyl (C=O) groups excluding carboxylic acids is 2. The van der Waals surface area contributed by atoms with E-state index in [-0.39, 0.29) is 11.8 Å². The number of nitrogens with one attached hydrogen (secondary N) is 1. The van der Waals surface area contributed by atoms with Crippen LogP contribution in [0.3, 0.4) is 0 Å². The molecule has 0 spiro atoms. The molecule has 0 saturated carbocycles. The highest BCUT2D eigenvalue weighted by Crippen LogP contribution is 2.07. The van der Waals surface area contributed by atoms with E-state index in [4.69, 9.17) is 0 Å². The molecule has 0 bridgehead atoms. The Balaban J connectivity index is 4.55. The lowest BCUT2D eigenvalue weighted by molar-refractivity contribution is -0.139. The van der Waals surface area contributed by atoms with Gasteiger partial charge in [-0.2, -0.15) is 8.78 Å². The SMILES string of the molecule is CC(C)CC(NC(=O)C(F)F)C(=O)N(C)C. The van der Waals surface area contributed by atoms with Crippen LogP contribution in [0.1, 0.15) is 20.3 Å². The number of nitrogens with zero attached hydrogens (tertiary/aromatic N) is 1. The molecule has 0 aliphatic rings. The van der Waals surface area contributed by atoms with Crippen LogP contribution in [-0.2, 0) is 9.59 Å². The second-order valence-corrected chi connectivity index (χ2v) is 4.22. The van der Waals surface area contributed by atoms with Crippen molar-refractivity contribution < 1.29 is 18.4 Å². The number of hydrogen-bond donors (Lipinski definition) is 1. The van der Waals surface area contributed by atoms with Crippen molar-refractivity contribution in [1.29, 1.82) is 0 Å². The number of hydrogen-bond acceptors (Lipinski definition) is 2. The largest absolute Gasteiger partial charge is 0.347 e. The highest BCUT2D eigenvalue weighted by Gasteiger charge is 2.26. The molecule has 94 valence electrons. The number of carbonyl (C=O) groups is 2. The van der Waals surface area contributed by atoms with Gasteiger partial charge in [-0.25, -0.2) is 0 Å². The molecular weight excluding hydrogens is 218 g/mol. The maximum Gasteiger partial charge on any atom is 0.315 e. The summed E-state index contributed by atoms with van der Waals surface area (Å²) >= 11 is 0. The van der Waals surface area contributed by atoms with Gasteiger partial charge >= 0.3 is 6.43 Å². The van der Waals surface area contributed by atoms with E-state index in [0.29, 0.717) is 6.42 Å². The van der Waals surface area contributed by atoms with Crippen molar-refractivity contribution in [3.63, 3.8) is 0 Å². The molecule has 0 heterocycles. The van der Waals surface area contributed by atoms with Gasteiger partial charge in [-0.15, -0.1) is 0 Å². The van der Waals surface area contributed by atoms with Gasteiger partial charge in [0.25, 0.3) is 5.91 Å². The van der Waals surface area contributed by atoms with Crippen LogP contribution in [-0.4, -0.2) is 43.3 Å². The highest BCUT2D eigenvalue weighted by molar-refractivity contribution is 5.88. The van der Waals surface area contributed by atoms with Crippen LogP contribution >= 0.6 is 0 Å². The Morgan fingerprint density at radius 3 is 2.06 bits per heavy atom. The van der Waals surface area contributed by atoms with E-state index < -0.39 is 18.4 Å². The molecule has 0 rings (SSSR count). The molecule has 0 aromatic carbocycles. The van der Waals surface area contributed by atoms with E-state index in [2.05, 4.69) is 0 Å². The minimum Gasteiger partial charge on any atom is -0.347 e. The molecule has 0 radical (unpaired) electrons. The molecule has 0 aromatic heterocycles. The Hall–Kier alpha value is -1.20. The lowest BCUT2D eigenvalue weighted by Crippen LogP contribution is -2.48. The summed E-state index contributed by atoms with van der Waals surface area (Å²) in [5.74, 6) is -1.64. The molecule has 1 atom stereocenters. The zero-order valence-corrected chi connectivity index (χ0v) is 9.96. The van der Waals surface area contributed by atoms with Crippen molar-refractivity contribution in [3.05, 3.63) is 0 Å². The van der Waals surface area contributed by atoms with Gasteiger partial charge in [0, 0.05) is 14.1 Å². The number of rotatable bonds is 5. The summed E-state index contributed by atoms with van der Waals surface area (Å²) in [5.41, 5.74) is 0. The quantitative estimate of drug-likeness (QED) is 0.770. The third-order valence-electron chi connectivity index (χ3n) is 1.96. The van der Waals surface area contributed by atoms with Crippen LogP contribution in [0.4, 0.5) is 8.78 Å². The molecule has 1 N–H and O–H groups in total. The molecule has 2 amide bonds. The van der Waals surface area contributed by atoms with Crippen LogP contribution < -0.4 is 5.32 Å². The third-order valence-corrected chi connectivity index (χ3v) is 1.96. The molecule has 6 heteroatoms. The molecule has 0 aromatic rings. The van der Waals surface area contributed by atoms with Gasteiger partial charge in [0.1, 0.15) is 6.04 Å². The monoisotopic (exact) mass is 236 g/mol. The van der Waals surface area contributed by atoms with E-state index in [1.807, 2.05) is 19.2 Å². The number of amides is 2. The topological polar surface area (TPSA) is 49.4 Å². The zero-order valence-electron chi connectivity index (χ0n) is 9.96. The maximum absolute atomic E-state index is 12.1. The lowest BCUT2D eigenvalue weighted by Gasteiger charge is -2.22. The fourth-order valence-corrected chi connectivity index (χ4v) is 1.24. The number of alkyl halides is 2. The molecule has 0 fully saturated rings. The highest BCUT2D eigenvalue weighted by atomic mass is 19.3. The fraction of sp³-hybridized carbons (Fsp3) is 0.800. The van der Waals surface area contributed by atoms with Crippen molar-refractivity contribution in [1.82, 2.24) is 10.2 Å². The molecule has 16 heavy (non-hydrogen) atoms. The fourth-order valence-electron chi connectivity index (χ4n) is 1.24. The Labute approximate surface area is 94.0 Å². The van der Waals surface area contributed by atoms with Crippen molar-refractivity contribution in [2.45, 2.75) is 32.7 Å². The van der Waals surface area contributed by atoms with E-state index in [0.717, 1.165) is 0 Å². The first kappa shape index (κ1) is 14.8. The lowest BCUT2D eigenvalue weighted by atomic mass is 10.0. The van der Waals surface area contributed by atoms with Crippen molar-refractivity contribution in [3.8, 4) is 0 Å². The summed E-state index contributed by atoms with van der Waals surface area (Å²) < 4.78 is 24.1. The van der Waals surface area contributed by atoms with E-state index >= 15 is 0 Å². The van der Waals surface area contributed by atoms with Gasteiger partial charge in [0.2, 0.25) is 5.91 Å². The van der Waals surface area contributed by atoms with E-state index in [1.54, 1.807) is 0 Å². The Morgan fingerprint density at radius 2 is 1.75 bits per heavy atom. The average Bonchev–Trinajstić information content (AvgIpc) is 2.14. The maximum atomic E-state index is 12.1. The summed E-state index contributed by atoms with van der Waals surface area (Å²) in [6.07, 6.45) is -2.75. The summed E-state index contributed by atoms with van der Waals surface area (Å²) in [4.78, 5) is 23.7. The molecule has 0 aliphatic heterocycles. The Bertz CT molecular complexity index is 255. The Morgan fingerprint density at radius 1 is 1.25 bits per heavy atom. The van der Waals surface area contributed by atoms with E-state index in [1.165, 1.54) is 19.0 Å². The average molecular weight is 236 g/mol. The predicted molar refractivity (Wildman–Crippen MR) is 56.1 cm³/mol. The summed E-state index contributed by atoms with van der Waals surface area (Å²) in [6.45, 7) is 3.70. The first-order chi connectivity index (χ1) is 7.25. The molecular formula is C10H18F2N2O2. The predicted octanol–water partition coefficient (Wildman–Crippen LogP) is 0.871. The molecule has 4 nitrogen and oxygen atoms in total. The Kier molecular flexibility index (Phi) is 5.92. The molecule has 0 saturated heterocycles. The first-order valence-corrected chi connectivity index (χ1v) is 5.05. The van der Waals surface area contributed by atoms with Gasteiger partial charge in [0.15, 0.2) is 0 Å². The van der Waals surface area contributed by atoms with Gasteiger partial charge in [0.05, 0.1) is 0 Å². The second-order valence-electron chi connectivity index (χ2n) is 4.22. The number of likely N-dealkylation sites (N-methyl/N-ethyl adjacent to an activating group) is 1. The van der Waals surface area contributed by atoms with Gasteiger partial charge in [-0.3, -0.25) is 9.59 Å². The number of halogens is 2. The van der Waals surface area contributed by atoms with E-state index in [9.17, 15) is 18.4 Å². The second kappa shape index (κ2) is 6.40. The van der Waals surface area contributed by atoms with Gasteiger partial charge in [-0.05, 0) is 12.3 Å². The van der Waals surface area contributed by atoms with Gasteiger partial charge in [-0.1, -0.05) is 13.8 Å². The van der Waals surface area contributed by atoms with Crippen LogP contribution in [0.25, 0.3) is 0 Å². The van der Waals surface area contributed by atoms with Gasteiger partial charge < -0.3 is 10.2 Å². The minimum atomic E-state index is -3.09. The smallest absolute Gasteiger partial charge is 0.315 e. The van der Waals surface area contributed by atoms with Crippen LogP contribution in [0.15, 0.2) is 0 Å². The third kappa shape index (κ3) is 5.04. The minimum absolute atomic E-state index is 0.131. The van der Waals surface area contributed by atoms with Crippen LogP contribution in [0.2, 0.25) is 0 Å². The molecule has 0 aliphatic carbocycles. The van der Waals surface area contributed by atoms with Crippen LogP contribution in [0, 0.1) is 5.92 Å². The normalized spacial score (nSPS) is 12.8. The summed E-state index contributed by atoms with van der Waals surface area (Å²) in [5, 5.41) is 2.05. The first-order valence-electron chi connectivity index (χ1n) is 5.05. The zero-order chi connectivity index (χ0) is 12.9. The summed E-state index contributed by atoms with van der Waals surface area (Å²) in [7, 11) is 3.04. The van der Waals surface area contributed by atoms with Crippen LogP contribution in [0.5, 0.6) is 0 Å². The summed E-state index contributed by atoms with van der Waals surface area (Å²) in [6, 6.07) is -0.878. The van der Waals surface area contributed by atoms with Crippen molar-refractivity contribution >= 4 is 11.8 Å². The standard InChI is InChI=1S/C10H18F2N2O2/c1-6(2)5-7(10(16)14(3)4)13-9(15)8(11)12/h6-8H,5H2,1-4H3,(H,13,15). The molecule has 1 unspecified atom stereocenters. The van der Waals surface area contributed by atoms with Crippen molar-refractivity contribution in [2.24, 2.45) is 5.92 Å². The van der Waals surface area contributed by atoms with Crippen molar-refractivity contribution in [2.75, 3.05) is 14.1 Å².